The third kappa shape index (κ3) is 1.76. The van der Waals surface area contributed by atoms with Crippen LogP contribution in [0.25, 0.3) is 0 Å². The van der Waals surface area contributed by atoms with Crippen molar-refractivity contribution in [2.45, 2.75) is 27.7 Å². The zero-order chi connectivity index (χ0) is 11.2. The van der Waals surface area contributed by atoms with Crippen LogP contribution in [0, 0.1) is 11.8 Å². The molecule has 0 saturated heterocycles. The van der Waals surface area contributed by atoms with Gasteiger partial charge in [-0.25, -0.2) is 0 Å². The quantitative estimate of drug-likeness (QED) is 0.734. The van der Waals surface area contributed by atoms with Gasteiger partial charge in [0.15, 0.2) is 0 Å². The molecule has 2 aliphatic carbocycles. The molecular formula is C13H17NO. The monoisotopic (exact) mass is 203 g/mol. The normalized spacial score (nSPS) is 23.4. The number of hydrogen-bond acceptors (Lipinski definition) is 1. The van der Waals surface area contributed by atoms with Gasteiger partial charge in [0.2, 0.25) is 5.91 Å². The van der Waals surface area contributed by atoms with Crippen molar-refractivity contribution >= 4 is 5.91 Å². The molecule has 2 rings (SSSR count). The van der Waals surface area contributed by atoms with Crippen molar-refractivity contribution in [1.29, 1.82) is 0 Å². The summed E-state index contributed by atoms with van der Waals surface area (Å²) in [6.45, 7) is 8.15. The summed E-state index contributed by atoms with van der Waals surface area (Å²) in [5, 5.41) is 2.85. The van der Waals surface area contributed by atoms with Crippen LogP contribution in [-0.2, 0) is 4.79 Å². The fraction of sp³-hybridized carbons (Fsp3) is 0.462. The molecule has 2 heteroatoms. The van der Waals surface area contributed by atoms with E-state index in [-0.39, 0.29) is 5.91 Å². The van der Waals surface area contributed by atoms with Crippen LogP contribution in [0.15, 0.2) is 34.6 Å². The first-order valence-corrected chi connectivity index (χ1v) is 5.46. The smallest absolute Gasteiger partial charge is 0.221 e. The average Bonchev–Trinajstić information content (AvgIpc) is 2.76. The standard InChI is InChI=1S/C13H17NO/c1-7(2)12-11-6-10(14-9(4)15)5-8(3)13(11)12/h5-8H,1-4H3,(H,14,15). The summed E-state index contributed by atoms with van der Waals surface area (Å²) < 4.78 is 0. The van der Waals surface area contributed by atoms with Crippen molar-refractivity contribution in [3.8, 4) is 0 Å². The highest BCUT2D eigenvalue weighted by molar-refractivity contribution is 5.78. The summed E-state index contributed by atoms with van der Waals surface area (Å²) in [7, 11) is 0. The van der Waals surface area contributed by atoms with Crippen molar-refractivity contribution < 1.29 is 4.79 Å². The van der Waals surface area contributed by atoms with E-state index in [0.717, 1.165) is 5.70 Å². The number of fused-ring (bicyclic) bond motifs is 1. The van der Waals surface area contributed by atoms with E-state index in [9.17, 15) is 4.79 Å². The van der Waals surface area contributed by atoms with Gasteiger partial charge in [-0.1, -0.05) is 26.8 Å². The van der Waals surface area contributed by atoms with Gasteiger partial charge < -0.3 is 5.32 Å². The number of rotatable bonds is 2. The Bertz CT molecular complexity index is 402. The molecule has 1 N–H and O–H groups in total. The maximum atomic E-state index is 11.0. The lowest BCUT2D eigenvalue weighted by atomic mass is 10.0. The molecule has 2 aliphatic rings. The third-order valence-corrected chi connectivity index (χ3v) is 2.89. The lowest BCUT2D eigenvalue weighted by Gasteiger charge is -2.10. The lowest BCUT2D eigenvalue weighted by molar-refractivity contribution is -0.118. The highest BCUT2D eigenvalue weighted by Gasteiger charge is 2.36. The van der Waals surface area contributed by atoms with Crippen molar-refractivity contribution in [2.24, 2.45) is 11.8 Å². The summed E-state index contributed by atoms with van der Waals surface area (Å²) >= 11 is 0. The number of allylic oxidation sites excluding steroid dienone is 5. The maximum Gasteiger partial charge on any atom is 0.221 e. The van der Waals surface area contributed by atoms with E-state index in [2.05, 4.69) is 38.2 Å². The fourth-order valence-corrected chi connectivity index (χ4v) is 2.34. The van der Waals surface area contributed by atoms with Crippen LogP contribution >= 0.6 is 0 Å². The molecule has 1 atom stereocenters. The summed E-state index contributed by atoms with van der Waals surface area (Å²) in [6, 6.07) is 0. The van der Waals surface area contributed by atoms with Gasteiger partial charge in [-0.05, 0) is 28.7 Å². The summed E-state index contributed by atoms with van der Waals surface area (Å²) in [6.07, 6.45) is 4.21. The summed E-state index contributed by atoms with van der Waals surface area (Å²) in [4.78, 5) is 11.0. The molecule has 2 nitrogen and oxygen atoms in total. The molecule has 0 radical (unpaired) electrons. The minimum Gasteiger partial charge on any atom is -0.327 e. The molecule has 0 bridgehead atoms. The van der Waals surface area contributed by atoms with E-state index >= 15 is 0 Å². The average molecular weight is 203 g/mol. The second kappa shape index (κ2) is 3.37. The third-order valence-electron chi connectivity index (χ3n) is 2.89. The Morgan fingerprint density at radius 2 is 2.13 bits per heavy atom. The predicted molar refractivity (Wildman–Crippen MR) is 61.0 cm³/mol. The van der Waals surface area contributed by atoms with E-state index in [1.165, 1.54) is 16.7 Å². The number of carbonyl (C=O) groups excluding carboxylic acids is 1. The van der Waals surface area contributed by atoms with E-state index in [1.807, 2.05) is 0 Å². The lowest BCUT2D eigenvalue weighted by Crippen LogP contribution is -2.19. The molecule has 80 valence electrons. The van der Waals surface area contributed by atoms with E-state index in [0.29, 0.717) is 11.8 Å². The molecule has 0 heterocycles. The van der Waals surface area contributed by atoms with Gasteiger partial charge in [0.25, 0.3) is 0 Å². The van der Waals surface area contributed by atoms with Crippen LogP contribution in [0.3, 0.4) is 0 Å². The molecule has 0 aromatic carbocycles. The van der Waals surface area contributed by atoms with Crippen molar-refractivity contribution in [2.75, 3.05) is 0 Å². The Labute approximate surface area is 90.7 Å². The molecule has 15 heavy (non-hydrogen) atoms. The van der Waals surface area contributed by atoms with Gasteiger partial charge in [-0.2, -0.15) is 0 Å². The maximum absolute atomic E-state index is 11.0. The minimum atomic E-state index is 0.000460. The number of hydrogen-bond donors (Lipinski definition) is 1. The zero-order valence-electron chi connectivity index (χ0n) is 9.72. The van der Waals surface area contributed by atoms with Gasteiger partial charge >= 0.3 is 0 Å². The highest BCUT2D eigenvalue weighted by atomic mass is 16.1. The molecule has 0 aromatic heterocycles. The molecule has 1 unspecified atom stereocenters. The van der Waals surface area contributed by atoms with Gasteiger partial charge in [0, 0.05) is 18.5 Å². The number of amides is 1. The molecule has 1 amide bonds. The Kier molecular flexibility index (Phi) is 2.29. The van der Waals surface area contributed by atoms with Gasteiger partial charge in [-0.15, -0.1) is 0 Å². The van der Waals surface area contributed by atoms with Gasteiger partial charge in [0.1, 0.15) is 0 Å². The second-order valence-electron chi connectivity index (χ2n) is 4.63. The van der Waals surface area contributed by atoms with E-state index < -0.39 is 0 Å². The molecule has 0 fully saturated rings. The van der Waals surface area contributed by atoms with Gasteiger partial charge in [0.05, 0.1) is 0 Å². The van der Waals surface area contributed by atoms with Crippen LogP contribution < -0.4 is 5.32 Å². The summed E-state index contributed by atoms with van der Waals surface area (Å²) in [5.41, 5.74) is 5.28. The SMILES string of the molecule is CC(=O)NC1=CC(C)C2=C(C(C)C)C2=C1. The molecule has 0 spiro atoms. The van der Waals surface area contributed by atoms with Crippen LogP contribution in [0.4, 0.5) is 0 Å². The van der Waals surface area contributed by atoms with Crippen molar-refractivity contribution in [3.05, 3.63) is 34.6 Å². The molecular weight excluding hydrogens is 186 g/mol. The minimum absolute atomic E-state index is 0.000460. The largest absolute Gasteiger partial charge is 0.327 e. The van der Waals surface area contributed by atoms with Crippen LogP contribution in [0.2, 0.25) is 0 Å². The molecule has 0 aromatic rings. The highest BCUT2D eigenvalue weighted by Crippen LogP contribution is 2.50. The van der Waals surface area contributed by atoms with Crippen molar-refractivity contribution in [1.82, 2.24) is 5.32 Å². The molecule has 0 saturated carbocycles. The number of carbonyl (C=O) groups is 1. The van der Waals surface area contributed by atoms with Crippen LogP contribution in [0.5, 0.6) is 0 Å². The predicted octanol–water partition coefficient (Wildman–Crippen LogP) is 2.55. The van der Waals surface area contributed by atoms with E-state index in [4.69, 9.17) is 0 Å². The first kappa shape index (κ1) is 10.2. The van der Waals surface area contributed by atoms with Crippen LogP contribution in [0.1, 0.15) is 27.7 Å². The Hall–Kier alpha value is -1.31. The topological polar surface area (TPSA) is 29.1 Å². The zero-order valence-corrected chi connectivity index (χ0v) is 9.72. The van der Waals surface area contributed by atoms with Gasteiger partial charge in [-0.3, -0.25) is 4.79 Å². The fourth-order valence-electron chi connectivity index (χ4n) is 2.34. The first-order valence-electron chi connectivity index (χ1n) is 5.46. The summed E-state index contributed by atoms with van der Waals surface area (Å²) in [5.74, 6) is 1.04. The Morgan fingerprint density at radius 3 is 2.67 bits per heavy atom. The second-order valence-corrected chi connectivity index (χ2v) is 4.63. The van der Waals surface area contributed by atoms with Crippen LogP contribution in [-0.4, -0.2) is 5.91 Å². The van der Waals surface area contributed by atoms with E-state index in [1.54, 1.807) is 6.92 Å². The number of nitrogens with one attached hydrogen (secondary N) is 1. The Balaban J connectivity index is 2.18. The van der Waals surface area contributed by atoms with Crippen molar-refractivity contribution in [3.63, 3.8) is 0 Å². The molecule has 0 aliphatic heterocycles. The Morgan fingerprint density at radius 1 is 1.47 bits per heavy atom. The first-order chi connectivity index (χ1) is 7.00.